The maximum Gasteiger partial charge on any atom is 0.120 e. The van der Waals surface area contributed by atoms with Crippen LogP contribution >= 0.6 is 0 Å². The first-order chi connectivity index (χ1) is 11.2. The van der Waals surface area contributed by atoms with Gasteiger partial charge in [0.1, 0.15) is 6.29 Å². The second-order valence-electron chi connectivity index (χ2n) is 6.59. The standard InChI is InChI=1S/C12H24N2.C5H10O2.C2H6/c1-10-3-4-11(13-9-10)7-8-14(2)12-5-6-12;1-7-5-3-2-4-6;1-2/h10-13H,3-9H2,1-2H3;4H,2-3,5H2,1H3;1-2H3/t10-,11-;;/m1../s1. The number of aldehydes is 1. The average Bonchev–Trinajstić information content (AvgIpc) is 3.42. The molecule has 0 aromatic rings. The summed E-state index contributed by atoms with van der Waals surface area (Å²) < 4.78 is 4.69. The van der Waals surface area contributed by atoms with Crippen molar-refractivity contribution in [1.82, 2.24) is 10.2 Å². The highest BCUT2D eigenvalue weighted by atomic mass is 16.5. The Labute approximate surface area is 144 Å². The SMILES string of the molecule is CC.COCCCC=O.C[C@@H]1CC[C@H](CCN(C)C2CC2)NC1. The van der Waals surface area contributed by atoms with Crippen molar-refractivity contribution < 1.29 is 9.53 Å². The van der Waals surface area contributed by atoms with Crippen molar-refractivity contribution in [3.63, 3.8) is 0 Å². The Morgan fingerprint density at radius 1 is 1.22 bits per heavy atom. The number of ether oxygens (including phenoxy) is 1. The molecule has 138 valence electrons. The van der Waals surface area contributed by atoms with Crippen molar-refractivity contribution in [2.24, 2.45) is 5.92 Å². The molecule has 1 saturated heterocycles. The molecule has 2 aliphatic rings. The second-order valence-corrected chi connectivity index (χ2v) is 6.59. The molecular formula is C19H40N2O2. The molecule has 0 amide bonds. The smallest absolute Gasteiger partial charge is 0.120 e. The fourth-order valence-corrected chi connectivity index (χ4v) is 2.67. The molecule has 1 saturated carbocycles. The van der Waals surface area contributed by atoms with E-state index in [0.717, 1.165) is 30.7 Å². The first-order valence-corrected chi connectivity index (χ1v) is 9.53. The topological polar surface area (TPSA) is 41.6 Å². The summed E-state index contributed by atoms with van der Waals surface area (Å²) >= 11 is 0. The predicted octanol–water partition coefficient (Wildman–Crippen LogP) is 3.50. The van der Waals surface area contributed by atoms with Crippen LogP contribution in [0, 0.1) is 5.92 Å². The van der Waals surface area contributed by atoms with Crippen LogP contribution in [-0.2, 0) is 9.53 Å². The third-order valence-corrected chi connectivity index (χ3v) is 4.43. The maximum absolute atomic E-state index is 9.62. The summed E-state index contributed by atoms with van der Waals surface area (Å²) in [5.74, 6) is 0.896. The molecule has 1 aliphatic heterocycles. The Kier molecular flexibility index (Phi) is 14.8. The van der Waals surface area contributed by atoms with Crippen LogP contribution in [0.4, 0.5) is 0 Å². The fraction of sp³-hybridized carbons (Fsp3) is 0.947. The minimum atomic E-state index is 0.619. The van der Waals surface area contributed by atoms with Crippen LogP contribution in [-0.4, -0.2) is 57.1 Å². The normalized spacial score (nSPS) is 23.4. The van der Waals surface area contributed by atoms with Gasteiger partial charge in [0.05, 0.1) is 0 Å². The van der Waals surface area contributed by atoms with E-state index < -0.39 is 0 Å². The summed E-state index contributed by atoms with van der Waals surface area (Å²) in [6.07, 6.45) is 9.40. The highest BCUT2D eigenvalue weighted by Gasteiger charge is 2.26. The first kappa shape index (κ1) is 22.6. The van der Waals surface area contributed by atoms with Crippen LogP contribution in [0.5, 0.6) is 0 Å². The molecule has 4 nitrogen and oxygen atoms in total. The van der Waals surface area contributed by atoms with E-state index in [4.69, 9.17) is 0 Å². The number of nitrogens with one attached hydrogen (secondary N) is 1. The molecule has 1 N–H and O–H groups in total. The molecule has 0 unspecified atom stereocenters. The molecule has 0 bridgehead atoms. The monoisotopic (exact) mass is 328 g/mol. The lowest BCUT2D eigenvalue weighted by atomic mass is 9.95. The molecule has 1 heterocycles. The average molecular weight is 329 g/mol. The molecule has 2 fully saturated rings. The van der Waals surface area contributed by atoms with Gasteiger partial charge in [0.25, 0.3) is 0 Å². The minimum Gasteiger partial charge on any atom is -0.385 e. The van der Waals surface area contributed by atoms with Crippen LogP contribution in [0.3, 0.4) is 0 Å². The maximum atomic E-state index is 9.62. The van der Waals surface area contributed by atoms with Crippen molar-refractivity contribution in [2.75, 3.05) is 33.9 Å². The van der Waals surface area contributed by atoms with Crippen LogP contribution in [0.15, 0.2) is 0 Å². The van der Waals surface area contributed by atoms with Crippen molar-refractivity contribution in [3.8, 4) is 0 Å². The van der Waals surface area contributed by atoms with E-state index in [2.05, 4.69) is 28.9 Å². The summed E-state index contributed by atoms with van der Waals surface area (Å²) in [6, 6.07) is 1.73. The largest absolute Gasteiger partial charge is 0.385 e. The Morgan fingerprint density at radius 3 is 2.39 bits per heavy atom. The van der Waals surface area contributed by atoms with Crippen LogP contribution < -0.4 is 5.32 Å². The van der Waals surface area contributed by atoms with Crippen molar-refractivity contribution >= 4 is 6.29 Å². The zero-order valence-electron chi connectivity index (χ0n) is 16.1. The summed E-state index contributed by atoms with van der Waals surface area (Å²) in [5.41, 5.74) is 0. The molecule has 0 aromatic heterocycles. The van der Waals surface area contributed by atoms with Crippen LogP contribution in [0.1, 0.15) is 65.7 Å². The highest BCUT2D eigenvalue weighted by Crippen LogP contribution is 2.26. The predicted molar refractivity (Wildman–Crippen MR) is 99.0 cm³/mol. The fourth-order valence-electron chi connectivity index (χ4n) is 2.67. The van der Waals surface area contributed by atoms with E-state index in [1.165, 1.54) is 45.2 Å². The van der Waals surface area contributed by atoms with Gasteiger partial charge < -0.3 is 19.7 Å². The summed E-state index contributed by atoms with van der Waals surface area (Å²) in [4.78, 5) is 12.2. The Hall–Kier alpha value is -0.450. The molecule has 1 aliphatic carbocycles. The summed E-state index contributed by atoms with van der Waals surface area (Å²) in [7, 11) is 3.91. The van der Waals surface area contributed by atoms with Crippen molar-refractivity contribution in [3.05, 3.63) is 0 Å². The van der Waals surface area contributed by atoms with E-state index >= 15 is 0 Å². The second kappa shape index (κ2) is 15.1. The number of carbonyl (C=O) groups excluding carboxylic acids is 1. The summed E-state index contributed by atoms with van der Waals surface area (Å²) in [5, 5.41) is 3.66. The van der Waals surface area contributed by atoms with Gasteiger partial charge in [0.2, 0.25) is 0 Å². The van der Waals surface area contributed by atoms with Gasteiger partial charge in [-0.1, -0.05) is 20.8 Å². The van der Waals surface area contributed by atoms with E-state index in [1.54, 1.807) is 7.11 Å². The van der Waals surface area contributed by atoms with E-state index in [0.29, 0.717) is 13.0 Å². The third-order valence-electron chi connectivity index (χ3n) is 4.43. The molecule has 0 spiro atoms. The number of hydrogen-bond acceptors (Lipinski definition) is 4. The lowest BCUT2D eigenvalue weighted by Crippen LogP contribution is -2.40. The minimum absolute atomic E-state index is 0.619. The molecule has 2 rings (SSSR count). The molecule has 2 atom stereocenters. The van der Waals surface area contributed by atoms with E-state index in [9.17, 15) is 4.79 Å². The molecule has 4 heteroatoms. The first-order valence-electron chi connectivity index (χ1n) is 9.53. The quantitative estimate of drug-likeness (QED) is 0.547. The Balaban J connectivity index is 0.000000460. The lowest BCUT2D eigenvalue weighted by molar-refractivity contribution is -0.108. The molecule has 23 heavy (non-hydrogen) atoms. The van der Waals surface area contributed by atoms with Gasteiger partial charge in [0.15, 0.2) is 0 Å². The molecule has 0 aromatic carbocycles. The zero-order chi connectivity index (χ0) is 17.5. The van der Waals surface area contributed by atoms with Gasteiger partial charge >= 0.3 is 0 Å². The number of rotatable bonds is 8. The number of hydrogen-bond donors (Lipinski definition) is 1. The van der Waals surface area contributed by atoms with Crippen molar-refractivity contribution in [1.29, 1.82) is 0 Å². The number of nitrogens with zero attached hydrogens (tertiary/aromatic N) is 1. The number of unbranched alkanes of at least 4 members (excludes halogenated alkanes) is 1. The third kappa shape index (κ3) is 12.6. The van der Waals surface area contributed by atoms with Gasteiger partial charge in [-0.3, -0.25) is 0 Å². The lowest BCUT2D eigenvalue weighted by Gasteiger charge is -2.29. The van der Waals surface area contributed by atoms with E-state index in [1.807, 2.05) is 13.8 Å². The van der Waals surface area contributed by atoms with Gasteiger partial charge in [-0.25, -0.2) is 0 Å². The van der Waals surface area contributed by atoms with Crippen molar-refractivity contribution in [2.45, 2.75) is 77.8 Å². The van der Waals surface area contributed by atoms with Gasteiger partial charge in [-0.05, 0) is 64.6 Å². The number of carbonyl (C=O) groups is 1. The zero-order valence-corrected chi connectivity index (χ0v) is 16.1. The van der Waals surface area contributed by atoms with Crippen LogP contribution in [0.2, 0.25) is 0 Å². The number of piperidine rings is 1. The van der Waals surface area contributed by atoms with Crippen LogP contribution in [0.25, 0.3) is 0 Å². The Morgan fingerprint density at radius 2 is 1.91 bits per heavy atom. The van der Waals surface area contributed by atoms with E-state index in [-0.39, 0.29) is 0 Å². The molecular weight excluding hydrogens is 288 g/mol. The highest BCUT2D eigenvalue weighted by molar-refractivity contribution is 5.48. The summed E-state index contributed by atoms with van der Waals surface area (Å²) in [6.45, 7) is 9.56. The van der Waals surface area contributed by atoms with Gasteiger partial charge in [0, 0.05) is 32.2 Å². The number of methoxy groups -OCH3 is 1. The van der Waals surface area contributed by atoms with Gasteiger partial charge in [-0.2, -0.15) is 0 Å². The molecule has 0 radical (unpaired) electrons. The van der Waals surface area contributed by atoms with Gasteiger partial charge in [-0.15, -0.1) is 0 Å². The Bertz CT molecular complexity index is 262.